The van der Waals surface area contributed by atoms with Gasteiger partial charge in [0.2, 0.25) is 0 Å². The lowest BCUT2D eigenvalue weighted by Crippen LogP contribution is -2.08. The summed E-state index contributed by atoms with van der Waals surface area (Å²) < 4.78 is 2.55. The number of carbonyl (C=O) groups is 1. The van der Waals surface area contributed by atoms with E-state index in [1.165, 1.54) is 11.8 Å². The standard InChI is InChI=1S/C9H11NOS2/c1-10-5-3-4-7(10)8(11)6-9(12)13-2/h3-5H,6H2,1-2H3. The zero-order valence-electron chi connectivity index (χ0n) is 7.61. The Kier molecular flexibility index (Phi) is 3.69. The second-order valence-electron chi connectivity index (χ2n) is 2.68. The van der Waals surface area contributed by atoms with E-state index < -0.39 is 0 Å². The molecule has 0 saturated heterocycles. The number of rotatable bonds is 3. The van der Waals surface area contributed by atoms with Gasteiger partial charge in [-0.1, -0.05) is 12.2 Å². The van der Waals surface area contributed by atoms with Crippen molar-refractivity contribution < 1.29 is 4.79 Å². The highest BCUT2D eigenvalue weighted by Crippen LogP contribution is 2.09. The van der Waals surface area contributed by atoms with Gasteiger partial charge in [-0.3, -0.25) is 4.79 Å². The number of ketones is 1. The van der Waals surface area contributed by atoms with Crippen LogP contribution in [0, 0.1) is 0 Å². The van der Waals surface area contributed by atoms with Crippen molar-refractivity contribution in [3.63, 3.8) is 0 Å². The summed E-state index contributed by atoms with van der Waals surface area (Å²) in [6.45, 7) is 0. The SMILES string of the molecule is CSC(=S)CC(=O)c1cccn1C. The largest absolute Gasteiger partial charge is 0.348 e. The number of hydrogen-bond acceptors (Lipinski definition) is 3. The lowest BCUT2D eigenvalue weighted by molar-refractivity contribution is 0.0994. The molecule has 0 aliphatic carbocycles. The second kappa shape index (κ2) is 4.58. The Labute approximate surface area is 87.3 Å². The zero-order chi connectivity index (χ0) is 9.84. The van der Waals surface area contributed by atoms with Crippen LogP contribution in [0.3, 0.4) is 0 Å². The molecule has 4 heteroatoms. The monoisotopic (exact) mass is 213 g/mol. The summed E-state index contributed by atoms with van der Waals surface area (Å²) in [5.74, 6) is 0.0897. The van der Waals surface area contributed by atoms with Gasteiger partial charge in [0.05, 0.1) is 16.3 Å². The number of nitrogens with zero attached hydrogens (tertiary/aromatic N) is 1. The third-order valence-electron chi connectivity index (χ3n) is 1.76. The Bertz CT molecular complexity index is 330. The minimum absolute atomic E-state index is 0.0897. The van der Waals surface area contributed by atoms with Crippen molar-refractivity contribution in [2.75, 3.05) is 6.26 Å². The average Bonchev–Trinajstić information content (AvgIpc) is 2.51. The third kappa shape index (κ3) is 2.67. The van der Waals surface area contributed by atoms with Gasteiger partial charge in [-0.2, -0.15) is 0 Å². The van der Waals surface area contributed by atoms with Gasteiger partial charge in [-0.25, -0.2) is 0 Å². The molecule has 0 bridgehead atoms. The normalized spacial score (nSPS) is 10.0. The maximum absolute atomic E-state index is 11.6. The van der Waals surface area contributed by atoms with Gasteiger partial charge < -0.3 is 4.57 Å². The van der Waals surface area contributed by atoms with Crippen molar-refractivity contribution in [3.8, 4) is 0 Å². The lowest BCUT2D eigenvalue weighted by atomic mass is 10.2. The average molecular weight is 213 g/mol. The van der Waals surface area contributed by atoms with Crippen LogP contribution in [0.2, 0.25) is 0 Å². The molecular formula is C9H11NOS2. The maximum atomic E-state index is 11.6. The molecule has 0 aliphatic rings. The molecule has 0 fully saturated rings. The first-order valence-corrected chi connectivity index (χ1v) is 5.50. The van der Waals surface area contributed by atoms with Crippen LogP contribution >= 0.6 is 24.0 Å². The number of aromatic nitrogens is 1. The van der Waals surface area contributed by atoms with Crippen molar-refractivity contribution in [3.05, 3.63) is 24.0 Å². The zero-order valence-corrected chi connectivity index (χ0v) is 9.24. The van der Waals surface area contributed by atoms with Crippen LogP contribution in [-0.2, 0) is 7.05 Å². The summed E-state index contributed by atoms with van der Waals surface area (Å²) >= 11 is 6.44. The van der Waals surface area contributed by atoms with Crippen LogP contribution in [0.4, 0.5) is 0 Å². The maximum Gasteiger partial charge on any atom is 0.184 e. The highest BCUT2D eigenvalue weighted by molar-refractivity contribution is 8.22. The molecule has 13 heavy (non-hydrogen) atoms. The summed E-state index contributed by atoms with van der Waals surface area (Å²) in [6.07, 6.45) is 4.10. The molecule has 0 atom stereocenters. The molecule has 0 N–H and O–H groups in total. The van der Waals surface area contributed by atoms with Crippen molar-refractivity contribution in [1.29, 1.82) is 0 Å². The fourth-order valence-electron chi connectivity index (χ4n) is 1.04. The van der Waals surface area contributed by atoms with Gasteiger partial charge in [0.15, 0.2) is 5.78 Å². The smallest absolute Gasteiger partial charge is 0.184 e. The second-order valence-corrected chi connectivity index (χ2v) is 4.33. The molecule has 0 radical (unpaired) electrons. The summed E-state index contributed by atoms with van der Waals surface area (Å²) in [5.41, 5.74) is 0.719. The molecule has 0 spiro atoms. The number of thioether (sulfide) groups is 1. The Morgan fingerprint density at radius 1 is 1.69 bits per heavy atom. The minimum Gasteiger partial charge on any atom is -0.348 e. The highest BCUT2D eigenvalue weighted by atomic mass is 32.2. The van der Waals surface area contributed by atoms with Gasteiger partial charge in [0, 0.05) is 13.2 Å². The third-order valence-corrected chi connectivity index (χ3v) is 3.01. The van der Waals surface area contributed by atoms with Crippen LogP contribution in [0.5, 0.6) is 0 Å². The van der Waals surface area contributed by atoms with E-state index in [-0.39, 0.29) is 5.78 Å². The van der Waals surface area contributed by atoms with E-state index in [1.54, 1.807) is 0 Å². The molecule has 1 aromatic heterocycles. The molecule has 70 valence electrons. The fraction of sp³-hybridized carbons (Fsp3) is 0.333. The van der Waals surface area contributed by atoms with Crippen molar-refractivity contribution in [1.82, 2.24) is 4.57 Å². The minimum atomic E-state index is 0.0897. The first kappa shape index (κ1) is 10.5. The van der Waals surface area contributed by atoms with Crippen molar-refractivity contribution >= 4 is 34.0 Å². The van der Waals surface area contributed by atoms with Crippen molar-refractivity contribution in [2.24, 2.45) is 7.05 Å². The van der Waals surface area contributed by atoms with E-state index in [0.717, 1.165) is 9.89 Å². The number of Topliss-reactive ketones (excluding diaryl/α,β-unsaturated/α-hetero) is 1. The molecule has 2 nitrogen and oxygen atoms in total. The van der Waals surface area contributed by atoms with Crippen LogP contribution in [0.1, 0.15) is 16.9 Å². The van der Waals surface area contributed by atoms with E-state index in [4.69, 9.17) is 12.2 Å². The lowest BCUT2D eigenvalue weighted by Gasteiger charge is -2.01. The van der Waals surface area contributed by atoms with Crippen molar-refractivity contribution in [2.45, 2.75) is 6.42 Å². The predicted molar refractivity (Wildman–Crippen MR) is 60.5 cm³/mol. The van der Waals surface area contributed by atoms with E-state index in [0.29, 0.717) is 6.42 Å². The number of aryl methyl sites for hydroxylation is 1. The topological polar surface area (TPSA) is 22.0 Å². The summed E-state index contributed by atoms with van der Waals surface area (Å²) in [7, 11) is 1.86. The Balaban J connectivity index is 2.69. The van der Waals surface area contributed by atoms with Crippen LogP contribution in [0.25, 0.3) is 0 Å². The Morgan fingerprint density at radius 3 is 2.85 bits per heavy atom. The molecule has 0 unspecified atom stereocenters. The first-order valence-electron chi connectivity index (χ1n) is 3.86. The van der Waals surface area contributed by atoms with Crippen LogP contribution in [0.15, 0.2) is 18.3 Å². The molecule has 1 rings (SSSR count). The first-order chi connectivity index (χ1) is 6.15. The predicted octanol–water partition coefficient (Wildman–Crippen LogP) is 2.29. The van der Waals surface area contributed by atoms with E-state index in [2.05, 4.69) is 0 Å². The fourth-order valence-corrected chi connectivity index (χ4v) is 1.45. The van der Waals surface area contributed by atoms with E-state index in [9.17, 15) is 4.79 Å². The number of thiocarbonyl (C=S) groups is 1. The van der Waals surface area contributed by atoms with Gasteiger partial charge in [-0.05, 0) is 18.4 Å². The van der Waals surface area contributed by atoms with Gasteiger partial charge in [-0.15, -0.1) is 11.8 Å². The molecular weight excluding hydrogens is 202 g/mol. The molecule has 1 aromatic rings. The van der Waals surface area contributed by atoms with Gasteiger partial charge in [0.25, 0.3) is 0 Å². The highest BCUT2D eigenvalue weighted by Gasteiger charge is 2.10. The molecule has 0 saturated carbocycles. The van der Waals surface area contributed by atoms with E-state index >= 15 is 0 Å². The Hall–Kier alpha value is -0.610. The Morgan fingerprint density at radius 2 is 2.38 bits per heavy atom. The number of carbonyl (C=O) groups excluding carboxylic acids is 1. The van der Waals surface area contributed by atoms with Gasteiger partial charge in [0.1, 0.15) is 0 Å². The molecule has 0 amide bonds. The summed E-state index contributed by atoms with van der Waals surface area (Å²) in [6, 6.07) is 3.67. The quantitative estimate of drug-likeness (QED) is 0.568. The molecule has 0 aromatic carbocycles. The van der Waals surface area contributed by atoms with Gasteiger partial charge >= 0.3 is 0 Å². The summed E-state index contributed by atoms with van der Waals surface area (Å²) in [4.78, 5) is 11.6. The summed E-state index contributed by atoms with van der Waals surface area (Å²) in [5, 5.41) is 0. The van der Waals surface area contributed by atoms with E-state index in [1.807, 2.05) is 36.2 Å². The van der Waals surface area contributed by atoms with Crippen LogP contribution < -0.4 is 0 Å². The van der Waals surface area contributed by atoms with Crippen LogP contribution in [-0.4, -0.2) is 20.8 Å². The molecule has 0 aliphatic heterocycles. The molecule has 1 heterocycles. The number of hydrogen-bond donors (Lipinski definition) is 0.